The summed E-state index contributed by atoms with van der Waals surface area (Å²) in [6.07, 6.45) is 4.10. The Kier molecular flexibility index (Phi) is 4.03. The fourth-order valence-corrected chi connectivity index (χ4v) is 2.62. The van der Waals surface area contributed by atoms with E-state index in [9.17, 15) is 0 Å². The molecule has 82 valence electrons. The number of nitrogens with one attached hydrogen (secondary N) is 1. The maximum Gasteiger partial charge on any atom is 0.0208 e. The molecule has 1 nitrogen and oxygen atoms in total. The lowest BCUT2D eigenvalue weighted by molar-refractivity contribution is 0.502. The van der Waals surface area contributed by atoms with Crippen molar-refractivity contribution in [2.24, 2.45) is 5.92 Å². The number of rotatable bonds is 3. The first kappa shape index (κ1) is 11.4. The molecule has 0 saturated heterocycles. The van der Waals surface area contributed by atoms with Crippen molar-refractivity contribution in [2.75, 3.05) is 0 Å². The quantitative estimate of drug-likeness (QED) is 0.841. The van der Waals surface area contributed by atoms with Gasteiger partial charge < -0.3 is 5.32 Å². The minimum Gasteiger partial charge on any atom is -0.310 e. The van der Waals surface area contributed by atoms with Crippen LogP contribution >= 0.6 is 22.6 Å². The molecule has 2 heteroatoms. The summed E-state index contributed by atoms with van der Waals surface area (Å²) in [6, 6.07) is 9.53. The van der Waals surface area contributed by atoms with Crippen LogP contribution < -0.4 is 5.32 Å². The van der Waals surface area contributed by atoms with Crippen LogP contribution in [0.25, 0.3) is 0 Å². The molecule has 1 saturated carbocycles. The highest BCUT2D eigenvalue weighted by Gasteiger charge is 2.20. The lowest BCUT2D eigenvalue weighted by Gasteiger charge is -2.12. The van der Waals surface area contributed by atoms with E-state index >= 15 is 0 Å². The van der Waals surface area contributed by atoms with Gasteiger partial charge in [-0.3, -0.25) is 0 Å². The number of benzene rings is 1. The molecule has 0 aliphatic heterocycles. The maximum absolute atomic E-state index is 3.65. The summed E-state index contributed by atoms with van der Waals surface area (Å²) >= 11 is 2.35. The molecule has 1 aliphatic rings. The molecule has 0 radical (unpaired) electrons. The van der Waals surface area contributed by atoms with Gasteiger partial charge in [0.15, 0.2) is 0 Å². The van der Waals surface area contributed by atoms with Crippen molar-refractivity contribution < 1.29 is 0 Å². The molecule has 0 amide bonds. The molecule has 0 aromatic heterocycles. The zero-order valence-corrected chi connectivity index (χ0v) is 11.3. The number of hydrogen-bond donors (Lipinski definition) is 1. The Morgan fingerprint density at radius 3 is 2.60 bits per heavy atom. The highest BCUT2D eigenvalue weighted by atomic mass is 127. The van der Waals surface area contributed by atoms with Crippen molar-refractivity contribution in [2.45, 2.75) is 38.8 Å². The predicted octanol–water partition coefficient (Wildman–Crippen LogP) is 3.57. The molecule has 2 rings (SSSR count). The third-order valence-corrected chi connectivity index (χ3v) is 3.92. The minimum absolute atomic E-state index is 0.749. The summed E-state index contributed by atoms with van der Waals surface area (Å²) in [7, 11) is 0. The smallest absolute Gasteiger partial charge is 0.0208 e. The zero-order valence-electron chi connectivity index (χ0n) is 9.17. The molecular weight excluding hydrogens is 297 g/mol. The van der Waals surface area contributed by atoms with Gasteiger partial charge in [-0.05, 0) is 65.5 Å². The number of hydrogen-bond acceptors (Lipinski definition) is 1. The molecule has 1 fully saturated rings. The van der Waals surface area contributed by atoms with Gasteiger partial charge >= 0.3 is 0 Å². The Bertz CT molecular complexity index is 307. The van der Waals surface area contributed by atoms with E-state index in [-0.39, 0.29) is 0 Å². The topological polar surface area (TPSA) is 12.0 Å². The SMILES string of the molecule is CC1CCC(NCc2ccc(I)cc2)C1. The fourth-order valence-electron chi connectivity index (χ4n) is 2.26. The summed E-state index contributed by atoms with van der Waals surface area (Å²) in [5, 5.41) is 3.65. The molecule has 15 heavy (non-hydrogen) atoms. The second-order valence-electron chi connectivity index (χ2n) is 4.62. The van der Waals surface area contributed by atoms with Gasteiger partial charge in [0.05, 0.1) is 0 Å². The Hall–Kier alpha value is -0.0900. The van der Waals surface area contributed by atoms with Crippen molar-refractivity contribution in [3.63, 3.8) is 0 Å². The van der Waals surface area contributed by atoms with Gasteiger partial charge in [0.1, 0.15) is 0 Å². The van der Waals surface area contributed by atoms with Gasteiger partial charge in [0.2, 0.25) is 0 Å². The molecule has 1 aromatic carbocycles. The first-order chi connectivity index (χ1) is 7.24. The Morgan fingerprint density at radius 2 is 2.00 bits per heavy atom. The molecule has 0 heterocycles. The van der Waals surface area contributed by atoms with Gasteiger partial charge in [-0.2, -0.15) is 0 Å². The molecule has 1 aromatic rings. The molecular formula is C13H18IN. The minimum atomic E-state index is 0.749. The average molecular weight is 315 g/mol. The average Bonchev–Trinajstić information content (AvgIpc) is 2.64. The van der Waals surface area contributed by atoms with Crippen molar-refractivity contribution in [3.8, 4) is 0 Å². The van der Waals surface area contributed by atoms with Crippen LogP contribution in [0.3, 0.4) is 0 Å². The Labute approximate surface area is 106 Å². The van der Waals surface area contributed by atoms with Gasteiger partial charge in [-0.15, -0.1) is 0 Å². The van der Waals surface area contributed by atoms with Crippen LogP contribution in [0.4, 0.5) is 0 Å². The highest BCUT2D eigenvalue weighted by molar-refractivity contribution is 14.1. The fraction of sp³-hybridized carbons (Fsp3) is 0.538. The van der Waals surface area contributed by atoms with Gasteiger partial charge in [0, 0.05) is 16.2 Å². The van der Waals surface area contributed by atoms with E-state index in [0.717, 1.165) is 18.5 Å². The van der Waals surface area contributed by atoms with Crippen molar-refractivity contribution >= 4 is 22.6 Å². The third kappa shape index (κ3) is 3.45. The maximum atomic E-state index is 3.65. The van der Waals surface area contributed by atoms with Crippen LogP contribution in [0.1, 0.15) is 31.7 Å². The van der Waals surface area contributed by atoms with E-state index in [1.54, 1.807) is 0 Å². The predicted molar refractivity (Wildman–Crippen MR) is 72.8 cm³/mol. The van der Waals surface area contributed by atoms with Crippen LogP contribution in [0.15, 0.2) is 24.3 Å². The van der Waals surface area contributed by atoms with Crippen molar-refractivity contribution in [1.29, 1.82) is 0 Å². The lowest BCUT2D eigenvalue weighted by Crippen LogP contribution is -2.25. The third-order valence-electron chi connectivity index (χ3n) is 3.20. The summed E-state index contributed by atoms with van der Waals surface area (Å²) in [5.74, 6) is 0.916. The summed E-state index contributed by atoms with van der Waals surface area (Å²) < 4.78 is 1.31. The lowest BCUT2D eigenvalue weighted by atomic mass is 10.1. The van der Waals surface area contributed by atoms with Crippen molar-refractivity contribution in [3.05, 3.63) is 33.4 Å². The van der Waals surface area contributed by atoms with Crippen molar-refractivity contribution in [1.82, 2.24) is 5.32 Å². The first-order valence-corrected chi connectivity index (χ1v) is 6.80. The van der Waals surface area contributed by atoms with Gasteiger partial charge in [-0.1, -0.05) is 19.1 Å². The number of halogens is 1. The molecule has 2 unspecified atom stereocenters. The molecule has 2 atom stereocenters. The van der Waals surface area contributed by atoms with Crippen LogP contribution in [-0.4, -0.2) is 6.04 Å². The normalized spacial score (nSPS) is 25.7. The van der Waals surface area contributed by atoms with Gasteiger partial charge in [-0.25, -0.2) is 0 Å². The largest absolute Gasteiger partial charge is 0.310 e. The van der Waals surface area contributed by atoms with Crippen LogP contribution in [0.2, 0.25) is 0 Å². The monoisotopic (exact) mass is 315 g/mol. The van der Waals surface area contributed by atoms with E-state index < -0.39 is 0 Å². The van der Waals surface area contributed by atoms with E-state index in [1.807, 2.05) is 0 Å². The van der Waals surface area contributed by atoms with E-state index in [4.69, 9.17) is 0 Å². The van der Waals surface area contributed by atoms with Crippen LogP contribution in [0.5, 0.6) is 0 Å². The zero-order chi connectivity index (χ0) is 10.7. The summed E-state index contributed by atoms with van der Waals surface area (Å²) in [6.45, 7) is 3.38. The van der Waals surface area contributed by atoms with E-state index in [0.29, 0.717) is 0 Å². The second-order valence-corrected chi connectivity index (χ2v) is 5.87. The molecule has 0 spiro atoms. The standard InChI is InChI=1S/C13H18IN/c1-10-2-7-13(8-10)15-9-11-3-5-12(14)6-4-11/h3-6,10,13,15H,2,7-9H2,1H3. The van der Waals surface area contributed by atoms with E-state index in [2.05, 4.69) is 59.1 Å². The highest BCUT2D eigenvalue weighted by Crippen LogP contribution is 2.24. The summed E-state index contributed by atoms with van der Waals surface area (Å²) in [5.41, 5.74) is 1.40. The van der Waals surface area contributed by atoms with Crippen LogP contribution in [0, 0.1) is 9.49 Å². The first-order valence-electron chi connectivity index (χ1n) is 5.72. The Balaban J connectivity index is 1.80. The Morgan fingerprint density at radius 1 is 1.27 bits per heavy atom. The van der Waals surface area contributed by atoms with E-state index in [1.165, 1.54) is 28.4 Å². The summed E-state index contributed by atoms with van der Waals surface area (Å²) in [4.78, 5) is 0. The molecule has 1 N–H and O–H groups in total. The second kappa shape index (κ2) is 5.30. The molecule has 1 aliphatic carbocycles. The van der Waals surface area contributed by atoms with Crippen LogP contribution in [-0.2, 0) is 6.54 Å². The van der Waals surface area contributed by atoms with Gasteiger partial charge in [0.25, 0.3) is 0 Å². The molecule has 0 bridgehead atoms.